The molecule has 1 fully saturated rings. The zero-order valence-electron chi connectivity index (χ0n) is 12.0. The smallest absolute Gasteiger partial charge is 0.146 e. The summed E-state index contributed by atoms with van der Waals surface area (Å²) in [6, 6.07) is 8.09. The second-order valence-corrected chi connectivity index (χ2v) is 6.24. The van der Waals surface area contributed by atoms with Gasteiger partial charge in [0.2, 0.25) is 0 Å². The van der Waals surface area contributed by atoms with Crippen LogP contribution < -0.4 is 0 Å². The van der Waals surface area contributed by atoms with Crippen LogP contribution in [-0.2, 0) is 16.0 Å². The highest BCUT2D eigenvalue weighted by molar-refractivity contribution is 7.21. The van der Waals surface area contributed by atoms with E-state index >= 15 is 0 Å². The summed E-state index contributed by atoms with van der Waals surface area (Å²) in [7, 11) is 0. The van der Waals surface area contributed by atoms with Crippen molar-refractivity contribution in [3.05, 3.63) is 30.5 Å². The molecular formula is C15H16N4O2S. The molecule has 1 saturated heterocycles. The van der Waals surface area contributed by atoms with E-state index in [2.05, 4.69) is 21.4 Å². The largest absolute Gasteiger partial charge is 0.379 e. The van der Waals surface area contributed by atoms with E-state index < -0.39 is 0 Å². The monoisotopic (exact) mass is 316 g/mol. The highest BCUT2D eigenvalue weighted by Gasteiger charge is 2.16. The Labute approximate surface area is 131 Å². The summed E-state index contributed by atoms with van der Waals surface area (Å²) in [6.07, 6.45) is 3.13. The van der Waals surface area contributed by atoms with Gasteiger partial charge in [-0.1, -0.05) is 17.3 Å². The third-order valence-electron chi connectivity index (χ3n) is 3.61. The van der Waals surface area contributed by atoms with Gasteiger partial charge in [0.05, 0.1) is 42.3 Å². The van der Waals surface area contributed by atoms with Crippen LogP contribution >= 0.6 is 11.3 Å². The van der Waals surface area contributed by atoms with Gasteiger partial charge in [-0.3, -0.25) is 0 Å². The third-order valence-corrected chi connectivity index (χ3v) is 4.67. The Morgan fingerprint density at radius 1 is 1.36 bits per heavy atom. The Hall–Kier alpha value is -1.83. The van der Waals surface area contributed by atoms with E-state index in [0.29, 0.717) is 19.8 Å². The maximum Gasteiger partial charge on any atom is 0.146 e. The normalized spacial score (nSPS) is 18.3. The predicted molar refractivity (Wildman–Crippen MR) is 83.8 cm³/mol. The lowest BCUT2D eigenvalue weighted by atomic mass is 10.3. The summed E-state index contributed by atoms with van der Waals surface area (Å²) < 4.78 is 14.0. The fourth-order valence-corrected chi connectivity index (χ4v) is 3.36. The molecule has 1 aliphatic heterocycles. The molecule has 3 aromatic rings. The van der Waals surface area contributed by atoms with Crippen molar-refractivity contribution in [2.75, 3.05) is 19.8 Å². The summed E-state index contributed by atoms with van der Waals surface area (Å²) in [5, 5.41) is 9.26. The van der Waals surface area contributed by atoms with E-state index in [1.165, 1.54) is 0 Å². The van der Waals surface area contributed by atoms with E-state index in [9.17, 15) is 0 Å². The number of ether oxygens (including phenoxy) is 2. The first-order valence-electron chi connectivity index (χ1n) is 7.34. The van der Waals surface area contributed by atoms with Crippen LogP contribution in [0.2, 0.25) is 0 Å². The van der Waals surface area contributed by atoms with Gasteiger partial charge in [-0.05, 0) is 18.6 Å². The molecular weight excluding hydrogens is 300 g/mol. The Kier molecular flexibility index (Phi) is 3.84. The molecule has 0 saturated carbocycles. The van der Waals surface area contributed by atoms with Crippen LogP contribution in [0.4, 0.5) is 0 Å². The molecule has 22 heavy (non-hydrogen) atoms. The van der Waals surface area contributed by atoms with E-state index in [-0.39, 0.29) is 6.10 Å². The van der Waals surface area contributed by atoms with Crippen LogP contribution in [0.5, 0.6) is 0 Å². The number of hydrogen-bond donors (Lipinski definition) is 0. The fourth-order valence-electron chi connectivity index (χ4n) is 2.44. The van der Waals surface area contributed by atoms with Crippen LogP contribution in [-0.4, -0.2) is 45.9 Å². The topological polar surface area (TPSA) is 62.1 Å². The van der Waals surface area contributed by atoms with Crippen molar-refractivity contribution in [2.24, 2.45) is 0 Å². The van der Waals surface area contributed by atoms with Crippen molar-refractivity contribution in [3.8, 4) is 10.7 Å². The number of thiazole rings is 1. The molecule has 3 heterocycles. The molecule has 0 amide bonds. The number of aromatic nitrogens is 4. The van der Waals surface area contributed by atoms with Gasteiger partial charge in [0.25, 0.3) is 0 Å². The van der Waals surface area contributed by atoms with Gasteiger partial charge in [0.15, 0.2) is 0 Å². The van der Waals surface area contributed by atoms with E-state index in [4.69, 9.17) is 9.47 Å². The highest BCUT2D eigenvalue weighted by Crippen LogP contribution is 2.28. The number of hydrogen-bond acceptors (Lipinski definition) is 6. The average Bonchev–Trinajstić information content (AvgIpc) is 3.27. The van der Waals surface area contributed by atoms with E-state index in [1.807, 2.05) is 24.4 Å². The van der Waals surface area contributed by atoms with Gasteiger partial charge < -0.3 is 9.47 Å². The molecule has 2 aromatic heterocycles. The van der Waals surface area contributed by atoms with E-state index in [0.717, 1.165) is 33.9 Å². The Morgan fingerprint density at radius 3 is 3.18 bits per heavy atom. The van der Waals surface area contributed by atoms with Crippen molar-refractivity contribution in [3.63, 3.8) is 0 Å². The minimum atomic E-state index is 0.229. The first-order chi connectivity index (χ1) is 10.9. The fraction of sp³-hybridized carbons (Fsp3) is 0.400. The quantitative estimate of drug-likeness (QED) is 0.723. The maximum atomic E-state index is 5.74. The highest BCUT2D eigenvalue weighted by atomic mass is 32.1. The average molecular weight is 316 g/mol. The summed E-state index contributed by atoms with van der Waals surface area (Å²) in [5.41, 5.74) is 1.81. The number of fused-ring (bicyclic) bond motifs is 1. The second-order valence-electron chi connectivity index (χ2n) is 5.21. The summed E-state index contributed by atoms with van der Waals surface area (Å²) in [5.74, 6) is 0. The molecule has 6 nitrogen and oxygen atoms in total. The molecule has 1 aliphatic rings. The molecule has 0 aliphatic carbocycles. The maximum absolute atomic E-state index is 5.74. The Morgan fingerprint density at radius 2 is 2.32 bits per heavy atom. The van der Waals surface area contributed by atoms with Gasteiger partial charge >= 0.3 is 0 Å². The molecule has 114 valence electrons. The minimum absolute atomic E-state index is 0.229. The standard InChI is InChI=1S/C15H16N4O2S/c1-2-4-14-12(3-1)16-15(22-14)13-9-19(18-17-13)6-8-21-11-5-7-20-10-11/h1-4,9,11H,5-8,10H2. The number of para-hydroxylation sites is 1. The molecule has 0 N–H and O–H groups in total. The molecule has 0 radical (unpaired) electrons. The van der Waals surface area contributed by atoms with Crippen LogP contribution in [0, 0.1) is 0 Å². The van der Waals surface area contributed by atoms with Gasteiger partial charge in [-0.2, -0.15) is 0 Å². The first-order valence-corrected chi connectivity index (χ1v) is 8.15. The second kappa shape index (κ2) is 6.12. The molecule has 4 rings (SSSR count). The lowest BCUT2D eigenvalue weighted by Crippen LogP contribution is -2.16. The number of rotatable bonds is 5. The molecule has 0 bridgehead atoms. The van der Waals surface area contributed by atoms with Crippen LogP contribution in [0.15, 0.2) is 30.5 Å². The summed E-state index contributed by atoms with van der Waals surface area (Å²) >= 11 is 1.63. The van der Waals surface area contributed by atoms with Gasteiger partial charge in [0, 0.05) is 6.61 Å². The first kappa shape index (κ1) is 13.8. The van der Waals surface area contributed by atoms with E-state index in [1.54, 1.807) is 16.0 Å². The lowest BCUT2D eigenvalue weighted by molar-refractivity contribution is 0.0369. The Bertz CT molecular complexity index is 731. The van der Waals surface area contributed by atoms with Gasteiger partial charge in [-0.25, -0.2) is 9.67 Å². The van der Waals surface area contributed by atoms with Crippen molar-refractivity contribution < 1.29 is 9.47 Å². The van der Waals surface area contributed by atoms with Crippen LogP contribution in [0.3, 0.4) is 0 Å². The van der Waals surface area contributed by atoms with Gasteiger partial charge in [-0.15, -0.1) is 16.4 Å². The van der Waals surface area contributed by atoms with Crippen molar-refractivity contribution in [1.82, 2.24) is 20.0 Å². The Balaban J connectivity index is 1.42. The van der Waals surface area contributed by atoms with Crippen molar-refractivity contribution in [2.45, 2.75) is 19.1 Å². The zero-order chi connectivity index (χ0) is 14.8. The summed E-state index contributed by atoms with van der Waals surface area (Å²) in [6.45, 7) is 2.81. The molecule has 7 heteroatoms. The number of nitrogens with zero attached hydrogens (tertiary/aromatic N) is 4. The molecule has 1 unspecified atom stereocenters. The molecule has 1 atom stereocenters. The van der Waals surface area contributed by atoms with Crippen LogP contribution in [0.1, 0.15) is 6.42 Å². The summed E-state index contributed by atoms with van der Waals surface area (Å²) in [4.78, 5) is 4.59. The number of benzene rings is 1. The SMILES string of the molecule is c1ccc2sc(-c3cn(CCOC4CCOC4)nn3)nc2c1. The van der Waals surface area contributed by atoms with Gasteiger partial charge in [0.1, 0.15) is 10.7 Å². The minimum Gasteiger partial charge on any atom is -0.379 e. The lowest BCUT2D eigenvalue weighted by Gasteiger charge is -2.08. The zero-order valence-corrected chi connectivity index (χ0v) is 12.8. The van der Waals surface area contributed by atoms with Crippen molar-refractivity contribution in [1.29, 1.82) is 0 Å². The molecule has 0 spiro atoms. The van der Waals surface area contributed by atoms with Crippen molar-refractivity contribution >= 4 is 21.6 Å². The third kappa shape index (κ3) is 2.87. The van der Waals surface area contributed by atoms with Crippen LogP contribution in [0.25, 0.3) is 20.9 Å². The predicted octanol–water partition coefficient (Wildman–Crippen LogP) is 2.36. The molecule has 1 aromatic carbocycles.